The van der Waals surface area contributed by atoms with E-state index in [9.17, 15) is 0 Å². The molecule has 0 unspecified atom stereocenters. The predicted octanol–water partition coefficient (Wildman–Crippen LogP) is 1.11. The van der Waals surface area contributed by atoms with Crippen LogP contribution in [0.3, 0.4) is 0 Å². The molecule has 0 aliphatic heterocycles. The van der Waals surface area contributed by atoms with Gasteiger partial charge in [0.1, 0.15) is 0 Å². The Bertz CT molecular complexity index is 1070. The Morgan fingerprint density at radius 2 is 1.00 bits per heavy atom. The zero-order valence-corrected chi connectivity index (χ0v) is 21.3. The van der Waals surface area contributed by atoms with E-state index in [1.165, 1.54) is 54.9 Å². The van der Waals surface area contributed by atoms with Gasteiger partial charge in [-0.2, -0.15) is 0 Å². The fourth-order valence-electron chi connectivity index (χ4n) is 5.22. The van der Waals surface area contributed by atoms with Crippen molar-refractivity contribution in [2.45, 2.75) is 52.4 Å². The summed E-state index contributed by atoms with van der Waals surface area (Å²) < 4.78 is 0. The molecule has 3 aromatic carbocycles. The Kier molecular flexibility index (Phi) is 6.04. The Morgan fingerprint density at radius 1 is 0.643 bits per heavy atom. The van der Waals surface area contributed by atoms with E-state index in [1.54, 1.807) is 0 Å². The van der Waals surface area contributed by atoms with Crippen molar-refractivity contribution in [3.63, 3.8) is 0 Å². The Balaban J connectivity index is 0.000000934. The molecule has 0 fully saturated rings. The van der Waals surface area contributed by atoms with Gasteiger partial charge in [-0.25, -0.2) is 0 Å². The average molecular weight is 488 g/mol. The minimum atomic E-state index is 0. The SMILES string of the molecule is CC1=CC(C)(C)c2cc3[cH-]c4cc5c(cc4c3cc21)C(C)=CC5(C)C.[Cl-].[Cl-].[Zr+3]. The van der Waals surface area contributed by atoms with E-state index in [-0.39, 0.29) is 61.8 Å². The molecule has 143 valence electrons. The van der Waals surface area contributed by atoms with Crippen LogP contribution in [0.1, 0.15) is 63.8 Å². The Labute approximate surface area is 199 Å². The summed E-state index contributed by atoms with van der Waals surface area (Å²) >= 11 is 0. The van der Waals surface area contributed by atoms with Gasteiger partial charge >= 0.3 is 26.2 Å². The van der Waals surface area contributed by atoms with Crippen molar-refractivity contribution in [3.05, 3.63) is 64.7 Å². The maximum absolute atomic E-state index is 2.43. The minimum Gasteiger partial charge on any atom is -1.00 e. The molecule has 0 aromatic heterocycles. The van der Waals surface area contributed by atoms with Crippen molar-refractivity contribution in [2.24, 2.45) is 0 Å². The number of fused-ring (bicyclic) bond motifs is 5. The van der Waals surface area contributed by atoms with Crippen LogP contribution < -0.4 is 24.8 Å². The standard InChI is InChI=1S/C25H25.2ClH.Zr/c1-14-12-24(3,4)22-8-16-7-17-9-23-19(15(2)13-25(23,5)6)11-21(17)20(16)10-18(14)22;;;/h7-13H,1-6H3;2*1H;/q-1;;;+3/p-2. The van der Waals surface area contributed by atoms with Crippen LogP contribution in [0.5, 0.6) is 0 Å². The summed E-state index contributed by atoms with van der Waals surface area (Å²) in [7, 11) is 0. The van der Waals surface area contributed by atoms with Crippen LogP contribution in [0.4, 0.5) is 0 Å². The summed E-state index contributed by atoms with van der Waals surface area (Å²) in [4.78, 5) is 0. The Morgan fingerprint density at radius 3 is 1.36 bits per heavy atom. The summed E-state index contributed by atoms with van der Waals surface area (Å²) in [6, 6.07) is 12.1. The first kappa shape index (κ1) is 23.5. The van der Waals surface area contributed by atoms with Crippen molar-refractivity contribution in [3.8, 4) is 0 Å². The zero-order valence-electron chi connectivity index (χ0n) is 17.3. The van der Waals surface area contributed by atoms with Crippen LogP contribution in [0.2, 0.25) is 0 Å². The molecule has 0 saturated heterocycles. The van der Waals surface area contributed by atoms with Gasteiger partial charge in [-0.3, -0.25) is 0 Å². The Hall–Kier alpha value is -0.747. The molecule has 5 rings (SSSR count). The van der Waals surface area contributed by atoms with E-state index in [0.717, 1.165) is 0 Å². The van der Waals surface area contributed by atoms with Crippen LogP contribution in [0.25, 0.3) is 32.7 Å². The summed E-state index contributed by atoms with van der Waals surface area (Å²) in [5.41, 5.74) is 8.90. The second-order valence-electron chi connectivity index (χ2n) is 9.21. The van der Waals surface area contributed by atoms with E-state index in [1.807, 2.05) is 0 Å². The monoisotopic (exact) mass is 485 g/mol. The maximum atomic E-state index is 2.43. The smallest absolute Gasteiger partial charge is 1.00 e. The topological polar surface area (TPSA) is 0 Å². The van der Waals surface area contributed by atoms with Crippen LogP contribution in [-0.4, -0.2) is 0 Å². The van der Waals surface area contributed by atoms with Crippen molar-refractivity contribution >= 4 is 32.7 Å². The quantitative estimate of drug-likeness (QED) is 0.417. The summed E-state index contributed by atoms with van der Waals surface area (Å²) in [5.74, 6) is 0. The molecule has 28 heavy (non-hydrogen) atoms. The molecule has 0 atom stereocenters. The fraction of sp³-hybridized carbons (Fsp3) is 0.320. The third-order valence-electron chi connectivity index (χ3n) is 6.37. The first-order valence-corrected chi connectivity index (χ1v) is 9.29. The van der Waals surface area contributed by atoms with Gasteiger partial charge in [0.05, 0.1) is 0 Å². The number of benzene rings is 2. The second-order valence-corrected chi connectivity index (χ2v) is 9.21. The van der Waals surface area contributed by atoms with Gasteiger partial charge in [0.15, 0.2) is 0 Å². The first-order chi connectivity index (χ1) is 11.7. The number of hydrogen-bond donors (Lipinski definition) is 0. The third kappa shape index (κ3) is 3.10. The number of hydrogen-bond acceptors (Lipinski definition) is 0. The van der Waals surface area contributed by atoms with Crippen LogP contribution >= 0.6 is 0 Å². The normalized spacial score (nSPS) is 17.8. The molecular weight excluding hydrogens is 462 g/mol. The van der Waals surface area contributed by atoms with Crippen molar-refractivity contribution in [2.75, 3.05) is 0 Å². The largest absolute Gasteiger partial charge is 3.00 e. The second kappa shape index (κ2) is 7.19. The van der Waals surface area contributed by atoms with Gasteiger partial charge in [-0.15, -0.1) is 39.7 Å². The van der Waals surface area contributed by atoms with Gasteiger partial charge in [0.25, 0.3) is 0 Å². The van der Waals surface area contributed by atoms with Crippen molar-refractivity contribution < 1.29 is 51.0 Å². The third-order valence-corrected chi connectivity index (χ3v) is 6.37. The molecule has 2 aliphatic rings. The molecule has 0 heterocycles. The number of halogens is 2. The fourth-order valence-corrected chi connectivity index (χ4v) is 5.22. The van der Waals surface area contributed by atoms with E-state index in [2.05, 4.69) is 84.0 Å². The van der Waals surface area contributed by atoms with Crippen molar-refractivity contribution in [1.29, 1.82) is 0 Å². The van der Waals surface area contributed by atoms with Gasteiger partial charge in [-0.05, 0) is 36.1 Å². The summed E-state index contributed by atoms with van der Waals surface area (Å²) in [5, 5.41) is 5.57. The molecule has 0 spiro atoms. The van der Waals surface area contributed by atoms with Gasteiger partial charge < -0.3 is 24.8 Å². The molecule has 2 aliphatic carbocycles. The van der Waals surface area contributed by atoms with E-state index in [0.29, 0.717) is 0 Å². The van der Waals surface area contributed by atoms with Crippen molar-refractivity contribution in [1.82, 2.24) is 0 Å². The van der Waals surface area contributed by atoms with Crippen LogP contribution in [0.15, 0.2) is 42.5 Å². The number of rotatable bonds is 0. The van der Waals surface area contributed by atoms with Gasteiger partial charge in [0.2, 0.25) is 0 Å². The van der Waals surface area contributed by atoms with Gasteiger partial charge in [0, 0.05) is 10.8 Å². The molecule has 0 nitrogen and oxygen atoms in total. The molecule has 3 heteroatoms. The first-order valence-electron chi connectivity index (χ1n) is 9.29. The zero-order chi connectivity index (χ0) is 17.7. The molecule has 3 aromatic rings. The molecule has 0 N–H and O–H groups in total. The van der Waals surface area contributed by atoms with Crippen LogP contribution in [0, 0.1) is 0 Å². The summed E-state index contributed by atoms with van der Waals surface area (Å²) in [6.45, 7) is 13.8. The van der Waals surface area contributed by atoms with E-state index >= 15 is 0 Å². The molecule has 1 radical (unpaired) electrons. The van der Waals surface area contributed by atoms with Gasteiger partial charge in [-0.1, -0.05) is 63.1 Å². The van der Waals surface area contributed by atoms with E-state index in [4.69, 9.17) is 0 Å². The molecular formula is C25H25Cl2Zr. The molecule has 0 saturated carbocycles. The molecule has 0 bridgehead atoms. The minimum absolute atomic E-state index is 0. The van der Waals surface area contributed by atoms with E-state index < -0.39 is 0 Å². The average Bonchev–Trinajstić information content (AvgIpc) is 3.06. The van der Waals surface area contributed by atoms with Crippen LogP contribution in [-0.2, 0) is 37.0 Å². The molecule has 0 amide bonds. The predicted molar refractivity (Wildman–Crippen MR) is 110 cm³/mol. The maximum Gasteiger partial charge on any atom is 3.00 e. The summed E-state index contributed by atoms with van der Waals surface area (Å²) in [6.07, 6.45) is 4.82. The number of allylic oxidation sites excluding steroid dienone is 4.